The Kier molecular flexibility index (Phi) is 5.14. The Morgan fingerprint density at radius 1 is 1.12 bits per heavy atom. The molecule has 2 aromatic carbocycles. The van der Waals surface area contributed by atoms with Crippen LogP contribution in [0.2, 0.25) is 5.02 Å². The molecule has 0 saturated carbocycles. The van der Waals surface area contributed by atoms with Crippen LogP contribution in [0.3, 0.4) is 0 Å². The maximum absolute atomic E-state index is 12.9. The highest BCUT2D eigenvalue weighted by molar-refractivity contribution is 6.33. The first-order valence-corrected chi connectivity index (χ1v) is 8.50. The van der Waals surface area contributed by atoms with Gasteiger partial charge in [0.25, 0.3) is 5.91 Å². The summed E-state index contributed by atoms with van der Waals surface area (Å²) in [6, 6.07) is 14.8. The van der Waals surface area contributed by atoms with Gasteiger partial charge in [-0.1, -0.05) is 42.8 Å². The maximum Gasteiger partial charge on any atom is 0.336 e. The second kappa shape index (κ2) is 7.49. The molecule has 128 valence electrons. The zero-order valence-electron chi connectivity index (χ0n) is 14.1. The zero-order chi connectivity index (χ0) is 17.8. The molecule has 0 radical (unpaired) electrons. The molecule has 1 heterocycles. The molecule has 3 rings (SSSR count). The summed E-state index contributed by atoms with van der Waals surface area (Å²) in [5, 5.41) is 4.71. The number of nitrogens with zero attached hydrogens (tertiary/aromatic N) is 3. The Balaban J connectivity index is 2.07. The number of aromatic nitrogens is 3. The van der Waals surface area contributed by atoms with Crippen molar-refractivity contribution in [2.75, 3.05) is 6.61 Å². The third kappa shape index (κ3) is 3.56. The molecule has 0 bridgehead atoms. The van der Waals surface area contributed by atoms with E-state index in [1.165, 1.54) is 4.68 Å². The van der Waals surface area contributed by atoms with Crippen LogP contribution in [0, 0.1) is 0 Å². The lowest BCUT2D eigenvalue weighted by Gasteiger charge is -2.06. The van der Waals surface area contributed by atoms with Gasteiger partial charge in [0.05, 0.1) is 11.6 Å². The molecule has 0 aliphatic carbocycles. The van der Waals surface area contributed by atoms with Crippen molar-refractivity contribution in [2.45, 2.75) is 20.3 Å². The van der Waals surface area contributed by atoms with E-state index in [9.17, 15) is 4.79 Å². The molecule has 0 saturated heterocycles. The van der Waals surface area contributed by atoms with Gasteiger partial charge in [-0.25, -0.2) is 0 Å². The molecule has 25 heavy (non-hydrogen) atoms. The predicted octanol–water partition coefficient (Wildman–Crippen LogP) is 4.25. The maximum atomic E-state index is 12.9. The number of hydrogen-bond acceptors (Lipinski definition) is 4. The average Bonchev–Trinajstić information content (AvgIpc) is 3.05. The highest BCUT2D eigenvalue weighted by Gasteiger charge is 2.21. The number of carbonyl (C=O) groups excluding carboxylic acids is 1. The average molecular weight is 356 g/mol. The van der Waals surface area contributed by atoms with Gasteiger partial charge in [0.2, 0.25) is 0 Å². The summed E-state index contributed by atoms with van der Waals surface area (Å²) >= 11 is 6.27. The van der Waals surface area contributed by atoms with Gasteiger partial charge < -0.3 is 4.74 Å². The van der Waals surface area contributed by atoms with Crippen LogP contribution in [0.15, 0.2) is 48.5 Å². The molecule has 5 nitrogen and oxygen atoms in total. The Morgan fingerprint density at radius 3 is 2.48 bits per heavy atom. The minimum atomic E-state index is -0.281. The van der Waals surface area contributed by atoms with Crippen molar-refractivity contribution in [1.82, 2.24) is 14.8 Å². The summed E-state index contributed by atoms with van der Waals surface area (Å²) in [7, 11) is 0. The van der Waals surface area contributed by atoms with Crippen molar-refractivity contribution in [3.63, 3.8) is 0 Å². The van der Waals surface area contributed by atoms with Crippen LogP contribution in [-0.4, -0.2) is 27.3 Å². The second-order valence-corrected chi connectivity index (χ2v) is 5.81. The van der Waals surface area contributed by atoms with E-state index in [0.717, 1.165) is 12.0 Å². The fraction of sp³-hybridized carbons (Fsp3) is 0.211. The van der Waals surface area contributed by atoms with Gasteiger partial charge in [0, 0.05) is 11.1 Å². The molecule has 0 aliphatic rings. The van der Waals surface area contributed by atoms with Gasteiger partial charge in [-0.05, 0) is 43.2 Å². The van der Waals surface area contributed by atoms with E-state index in [-0.39, 0.29) is 11.9 Å². The van der Waals surface area contributed by atoms with Crippen molar-refractivity contribution < 1.29 is 9.53 Å². The Hall–Kier alpha value is -2.66. The molecule has 0 fully saturated rings. The molecule has 0 N–H and O–H groups in total. The van der Waals surface area contributed by atoms with Crippen molar-refractivity contribution >= 4 is 17.5 Å². The summed E-state index contributed by atoms with van der Waals surface area (Å²) in [5.41, 5.74) is 2.32. The molecule has 0 spiro atoms. The lowest BCUT2D eigenvalue weighted by Crippen LogP contribution is -2.15. The number of ether oxygens (including phenoxy) is 1. The standard InChI is InChI=1S/C19H18ClN3O2/c1-3-13-9-11-14(12-10-13)18(24)23-17(21-19(22-23)25-4-2)15-7-5-6-8-16(15)20/h5-12H,3-4H2,1-2H3. The molecule has 6 heteroatoms. The monoisotopic (exact) mass is 355 g/mol. The smallest absolute Gasteiger partial charge is 0.336 e. The fourth-order valence-electron chi connectivity index (χ4n) is 2.45. The first-order chi connectivity index (χ1) is 12.1. The molecule has 0 unspecified atom stereocenters. The Morgan fingerprint density at radius 2 is 1.84 bits per heavy atom. The highest BCUT2D eigenvalue weighted by Crippen LogP contribution is 2.28. The number of aryl methyl sites for hydroxylation is 1. The second-order valence-electron chi connectivity index (χ2n) is 5.40. The van der Waals surface area contributed by atoms with E-state index in [0.29, 0.717) is 28.6 Å². The van der Waals surface area contributed by atoms with Crippen molar-refractivity contribution in [3.8, 4) is 17.4 Å². The first-order valence-electron chi connectivity index (χ1n) is 8.12. The summed E-state index contributed by atoms with van der Waals surface area (Å²) in [6.45, 7) is 4.31. The Labute approximate surface area is 151 Å². The molecule has 1 aromatic heterocycles. The highest BCUT2D eigenvalue weighted by atomic mass is 35.5. The minimum absolute atomic E-state index is 0.149. The van der Waals surface area contributed by atoms with Crippen LogP contribution >= 0.6 is 11.6 Å². The zero-order valence-corrected chi connectivity index (χ0v) is 14.8. The number of hydrogen-bond donors (Lipinski definition) is 0. The summed E-state index contributed by atoms with van der Waals surface area (Å²) in [5.74, 6) is 0.0784. The van der Waals surface area contributed by atoms with Gasteiger partial charge in [0.1, 0.15) is 0 Å². The third-order valence-corrected chi connectivity index (χ3v) is 4.11. The van der Waals surface area contributed by atoms with Crippen LogP contribution < -0.4 is 4.74 Å². The van der Waals surface area contributed by atoms with E-state index >= 15 is 0 Å². The first kappa shape index (κ1) is 17.2. The normalized spacial score (nSPS) is 10.7. The molecule has 0 amide bonds. The van der Waals surface area contributed by atoms with E-state index in [1.54, 1.807) is 24.3 Å². The summed E-state index contributed by atoms with van der Waals surface area (Å²) < 4.78 is 6.62. The van der Waals surface area contributed by atoms with Crippen molar-refractivity contribution in [2.24, 2.45) is 0 Å². The predicted molar refractivity (Wildman–Crippen MR) is 97.2 cm³/mol. The quantitative estimate of drug-likeness (QED) is 0.686. The molecule has 0 atom stereocenters. The van der Waals surface area contributed by atoms with E-state index in [4.69, 9.17) is 16.3 Å². The van der Waals surface area contributed by atoms with Gasteiger partial charge in [-0.3, -0.25) is 4.79 Å². The number of rotatable bonds is 5. The van der Waals surface area contributed by atoms with Crippen LogP contribution in [0.4, 0.5) is 0 Å². The summed E-state index contributed by atoms with van der Waals surface area (Å²) in [4.78, 5) is 17.3. The van der Waals surface area contributed by atoms with E-state index in [2.05, 4.69) is 17.0 Å². The van der Waals surface area contributed by atoms with Crippen LogP contribution in [0.5, 0.6) is 6.01 Å². The van der Waals surface area contributed by atoms with E-state index < -0.39 is 0 Å². The van der Waals surface area contributed by atoms with Crippen molar-refractivity contribution in [1.29, 1.82) is 0 Å². The number of benzene rings is 2. The van der Waals surface area contributed by atoms with Crippen LogP contribution in [0.25, 0.3) is 11.4 Å². The minimum Gasteiger partial charge on any atom is -0.463 e. The van der Waals surface area contributed by atoms with E-state index in [1.807, 2.05) is 31.2 Å². The lowest BCUT2D eigenvalue weighted by atomic mass is 10.1. The molecule has 3 aromatic rings. The Bertz CT molecular complexity index is 888. The molecular formula is C19H18ClN3O2. The molecule has 0 aliphatic heterocycles. The summed E-state index contributed by atoms with van der Waals surface area (Å²) in [6.07, 6.45) is 0.914. The van der Waals surface area contributed by atoms with Gasteiger partial charge in [0.15, 0.2) is 5.82 Å². The third-order valence-electron chi connectivity index (χ3n) is 3.78. The SMILES string of the molecule is CCOc1nc(-c2ccccc2Cl)n(C(=O)c2ccc(CC)cc2)n1. The largest absolute Gasteiger partial charge is 0.463 e. The van der Waals surface area contributed by atoms with Crippen LogP contribution in [-0.2, 0) is 6.42 Å². The lowest BCUT2D eigenvalue weighted by molar-refractivity contribution is 0.0945. The van der Waals surface area contributed by atoms with Gasteiger partial charge in [-0.15, -0.1) is 5.10 Å². The number of carbonyl (C=O) groups is 1. The molecular weight excluding hydrogens is 338 g/mol. The topological polar surface area (TPSA) is 57.0 Å². The number of halogens is 1. The van der Waals surface area contributed by atoms with Gasteiger partial charge >= 0.3 is 6.01 Å². The van der Waals surface area contributed by atoms with Crippen LogP contribution in [0.1, 0.15) is 29.8 Å². The van der Waals surface area contributed by atoms with Crippen molar-refractivity contribution in [3.05, 3.63) is 64.7 Å². The van der Waals surface area contributed by atoms with Gasteiger partial charge in [-0.2, -0.15) is 9.67 Å². The fourth-order valence-corrected chi connectivity index (χ4v) is 2.67.